The number of nitrogens with one attached hydrogen (secondary N) is 1. The maximum atomic E-state index is 13.8. The molecule has 1 N–H and O–H groups in total. The van der Waals surface area contributed by atoms with Crippen LogP contribution in [0.3, 0.4) is 0 Å². The lowest BCUT2D eigenvalue weighted by Crippen LogP contribution is -2.16. The minimum Gasteiger partial charge on any atom is -0.487 e. The first-order valence-electron chi connectivity index (χ1n) is 9.42. The molecule has 2 rings (SSSR count). The standard InChI is InChI=1S/C22H28FNO4/c1-7-26-21-19(27-13(2)3)10-16(11-20(21)28-14(4)5)22(25)24-17-9-8-15(6)18(23)12-17/h8-14H,7H2,1-6H3,(H,24,25). The van der Waals surface area contributed by atoms with Crippen molar-refractivity contribution >= 4 is 11.6 Å². The molecule has 0 aromatic heterocycles. The van der Waals surface area contributed by atoms with Crippen molar-refractivity contribution in [1.29, 1.82) is 0 Å². The predicted octanol–water partition coefficient (Wildman–Crippen LogP) is 5.36. The molecule has 0 bridgehead atoms. The molecule has 28 heavy (non-hydrogen) atoms. The molecule has 0 fully saturated rings. The molecule has 0 spiro atoms. The van der Waals surface area contributed by atoms with Gasteiger partial charge in [0.2, 0.25) is 5.75 Å². The largest absolute Gasteiger partial charge is 0.487 e. The van der Waals surface area contributed by atoms with Crippen LogP contribution in [0.15, 0.2) is 30.3 Å². The lowest BCUT2D eigenvalue weighted by atomic mass is 10.1. The van der Waals surface area contributed by atoms with E-state index in [0.717, 1.165) is 0 Å². The molecule has 0 radical (unpaired) electrons. The summed E-state index contributed by atoms with van der Waals surface area (Å²) in [5, 5.41) is 2.71. The zero-order valence-corrected chi connectivity index (χ0v) is 17.3. The Kier molecular flexibility index (Phi) is 7.26. The number of rotatable bonds is 8. The first-order valence-corrected chi connectivity index (χ1v) is 9.42. The summed E-state index contributed by atoms with van der Waals surface area (Å²) in [5.41, 5.74) is 1.22. The molecule has 2 aromatic carbocycles. The third-order valence-corrected chi connectivity index (χ3v) is 3.73. The highest BCUT2D eigenvalue weighted by Crippen LogP contribution is 2.40. The normalized spacial score (nSPS) is 10.9. The van der Waals surface area contributed by atoms with Crippen LogP contribution in [0.1, 0.15) is 50.5 Å². The highest BCUT2D eigenvalue weighted by molar-refractivity contribution is 6.05. The fourth-order valence-corrected chi connectivity index (χ4v) is 2.55. The van der Waals surface area contributed by atoms with Crippen LogP contribution in [0.2, 0.25) is 0 Å². The number of ether oxygens (including phenoxy) is 3. The summed E-state index contributed by atoms with van der Waals surface area (Å²) >= 11 is 0. The number of anilines is 1. The van der Waals surface area contributed by atoms with Crippen LogP contribution >= 0.6 is 0 Å². The van der Waals surface area contributed by atoms with Gasteiger partial charge in [-0.25, -0.2) is 4.39 Å². The van der Waals surface area contributed by atoms with Gasteiger partial charge in [0.05, 0.1) is 18.8 Å². The van der Waals surface area contributed by atoms with Gasteiger partial charge >= 0.3 is 0 Å². The van der Waals surface area contributed by atoms with Crippen molar-refractivity contribution in [3.05, 3.63) is 47.3 Å². The van der Waals surface area contributed by atoms with E-state index in [1.807, 2.05) is 34.6 Å². The summed E-state index contributed by atoms with van der Waals surface area (Å²) in [5.74, 6) is 0.541. The summed E-state index contributed by atoms with van der Waals surface area (Å²) in [4.78, 5) is 12.8. The molecule has 0 aliphatic heterocycles. The molecular formula is C22H28FNO4. The number of hydrogen-bond acceptors (Lipinski definition) is 4. The Morgan fingerprint density at radius 3 is 2.07 bits per heavy atom. The van der Waals surface area contributed by atoms with E-state index in [9.17, 15) is 9.18 Å². The SMILES string of the molecule is CCOc1c(OC(C)C)cc(C(=O)Nc2ccc(C)c(F)c2)cc1OC(C)C. The van der Waals surface area contributed by atoms with E-state index in [0.29, 0.717) is 40.7 Å². The van der Waals surface area contributed by atoms with E-state index in [1.54, 1.807) is 31.2 Å². The number of aryl methyl sites for hydroxylation is 1. The van der Waals surface area contributed by atoms with Gasteiger partial charge < -0.3 is 19.5 Å². The van der Waals surface area contributed by atoms with E-state index in [1.165, 1.54) is 6.07 Å². The molecule has 2 aromatic rings. The van der Waals surface area contributed by atoms with Gasteiger partial charge in [0.15, 0.2) is 11.5 Å². The van der Waals surface area contributed by atoms with Gasteiger partial charge in [-0.2, -0.15) is 0 Å². The van der Waals surface area contributed by atoms with Crippen molar-refractivity contribution in [2.75, 3.05) is 11.9 Å². The van der Waals surface area contributed by atoms with E-state index in [-0.39, 0.29) is 18.0 Å². The fraction of sp³-hybridized carbons (Fsp3) is 0.409. The van der Waals surface area contributed by atoms with E-state index < -0.39 is 5.91 Å². The predicted molar refractivity (Wildman–Crippen MR) is 108 cm³/mol. The molecular weight excluding hydrogens is 361 g/mol. The topological polar surface area (TPSA) is 56.8 Å². The molecule has 152 valence electrons. The van der Waals surface area contributed by atoms with E-state index >= 15 is 0 Å². The minimum atomic E-state index is -0.395. The van der Waals surface area contributed by atoms with Crippen molar-refractivity contribution in [1.82, 2.24) is 0 Å². The summed E-state index contributed by atoms with van der Waals surface area (Å²) in [6.07, 6.45) is -0.230. The van der Waals surface area contributed by atoms with Gasteiger partial charge in [-0.15, -0.1) is 0 Å². The number of carbonyl (C=O) groups is 1. The van der Waals surface area contributed by atoms with Crippen LogP contribution in [0.4, 0.5) is 10.1 Å². The average Bonchev–Trinajstić information content (AvgIpc) is 2.59. The third-order valence-electron chi connectivity index (χ3n) is 3.73. The van der Waals surface area contributed by atoms with Crippen molar-refractivity contribution in [2.45, 2.75) is 53.8 Å². The van der Waals surface area contributed by atoms with E-state index in [4.69, 9.17) is 14.2 Å². The first kappa shape index (κ1) is 21.5. The van der Waals surface area contributed by atoms with Crippen LogP contribution in [-0.2, 0) is 0 Å². The summed E-state index contributed by atoms with van der Waals surface area (Å²) in [6, 6.07) is 7.78. The molecule has 0 aliphatic rings. The zero-order chi connectivity index (χ0) is 20.8. The maximum absolute atomic E-state index is 13.8. The highest BCUT2D eigenvalue weighted by atomic mass is 19.1. The summed E-state index contributed by atoms with van der Waals surface area (Å²) < 4.78 is 31.2. The van der Waals surface area contributed by atoms with Crippen molar-refractivity contribution in [3.8, 4) is 17.2 Å². The molecule has 5 nitrogen and oxygen atoms in total. The molecule has 0 aliphatic carbocycles. The zero-order valence-electron chi connectivity index (χ0n) is 17.3. The second-order valence-corrected chi connectivity index (χ2v) is 6.99. The van der Waals surface area contributed by atoms with Gasteiger partial charge in [-0.3, -0.25) is 4.79 Å². The molecule has 0 saturated heterocycles. The molecule has 6 heteroatoms. The van der Waals surface area contributed by atoms with Gasteiger partial charge in [0.1, 0.15) is 5.82 Å². The van der Waals surface area contributed by atoms with E-state index in [2.05, 4.69) is 5.32 Å². The quantitative estimate of drug-likeness (QED) is 0.660. The lowest BCUT2D eigenvalue weighted by Gasteiger charge is -2.20. The highest BCUT2D eigenvalue weighted by Gasteiger charge is 2.20. The maximum Gasteiger partial charge on any atom is 0.255 e. The fourth-order valence-electron chi connectivity index (χ4n) is 2.55. The average molecular weight is 389 g/mol. The third kappa shape index (κ3) is 5.62. The van der Waals surface area contributed by atoms with Crippen LogP contribution in [0.5, 0.6) is 17.2 Å². The summed E-state index contributed by atoms with van der Waals surface area (Å²) in [7, 11) is 0. The van der Waals surface area contributed by atoms with Crippen molar-refractivity contribution < 1.29 is 23.4 Å². The Hall–Kier alpha value is -2.76. The Labute approximate surface area is 165 Å². The number of amides is 1. The molecule has 0 saturated carbocycles. The summed E-state index contributed by atoms with van der Waals surface area (Å²) in [6.45, 7) is 11.5. The Morgan fingerprint density at radius 1 is 1.04 bits per heavy atom. The first-order chi connectivity index (χ1) is 13.2. The van der Waals surface area contributed by atoms with Gasteiger partial charge in [0, 0.05) is 11.3 Å². The number of carbonyl (C=O) groups excluding carboxylic acids is 1. The number of benzene rings is 2. The van der Waals surface area contributed by atoms with Crippen molar-refractivity contribution in [3.63, 3.8) is 0 Å². The second kappa shape index (κ2) is 9.44. The Morgan fingerprint density at radius 2 is 1.61 bits per heavy atom. The molecule has 1 amide bonds. The van der Waals surface area contributed by atoms with Crippen LogP contribution in [0.25, 0.3) is 0 Å². The van der Waals surface area contributed by atoms with Crippen LogP contribution in [0, 0.1) is 12.7 Å². The molecule has 0 atom stereocenters. The van der Waals surface area contributed by atoms with Gasteiger partial charge in [0.25, 0.3) is 5.91 Å². The monoisotopic (exact) mass is 389 g/mol. The van der Waals surface area contributed by atoms with Gasteiger partial charge in [-0.1, -0.05) is 6.07 Å². The Balaban J connectivity index is 2.43. The van der Waals surface area contributed by atoms with Crippen molar-refractivity contribution in [2.24, 2.45) is 0 Å². The lowest BCUT2D eigenvalue weighted by molar-refractivity contribution is 0.102. The van der Waals surface area contributed by atoms with Crippen LogP contribution < -0.4 is 19.5 Å². The Bertz CT molecular complexity index is 802. The molecule has 0 heterocycles. The second-order valence-electron chi connectivity index (χ2n) is 6.99. The van der Waals surface area contributed by atoms with Crippen LogP contribution in [-0.4, -0.2) is 24.7 Å². The number of halogens is 1. The smallest absolute Gasteiger partial charge is 0.255 e. The van der Waals surface area contributed by atoms with Gasteiger partial charge in [-0.05, 0) is 71.4 Å². The minimum absolute atomic E-state index is 0.115. The molecule has 0 unspecified atom stereocenters. The number of hydrogen-bond donors (Lipinski definition) is 1.